The maximum absolute atomic E-state index is 14.2. The largest absolute Gasteiger partial charge is 0.312 e. The Labute approximate surface area is 188 Å². The molecule has 2 N–H and O–H groups in total. The van der Waals surface area contributed by atoms with Crippen LogP contribution >= 0.6 is 0 Å². The average Bonchev–Trinajstić information content (AvgIpc) is 3.36. The molecule has 0 bridgehead atoms. The molecule has 33 heavy (non-hydrogen) atoms. The van der Waals surface area contributed by atoms with E-state index in [-0.39, 0.29) is 11.5 Å². The lowest BCUT2D eigenvalue weighted by atomic mass is 10.00. The van der Waals surface area contributed by atoms with Crippen molar-refractivity contribution in [2.24, 2.45) is 11.1 Å². The van der Waals surface area contributed by atoms with Crippen LogP contribution in [0.5, 0.6) is 0 Å². The zero-order valence-electron chi connectivity index (χ0n) is 17.3. The predicted octanol–water partition coefficient (Wildman–Crippen LogP) is 3.72. The fourth-order valence-corrected chi connectivity index (χ4v) is 5.34. The fourth-order valence-electron chi connectivity index (χ4n) is 4.73. The standard InChI is InChI=1S/C24H19F3N2O3S/c25-18-3-4-20(26)19(11-18)14-2-1-13-7-17(9-16(13)8-14)24(30)29-6-5-15-10-21(27)23(12-22(15)29)33(28,31)32/h1-4,8,10-12,17H,5-7,9H2,(H2,28,31,32). The molecule has 2 aliphatic rings. The quantitative estimate of drug-likeness (QED) is 0.631. The highest BCUT2D eigenvalue weighted by Crippen LogP contribution is 2.37. The molecule has 1 aliphatic heterocycles. The van der Waals surface area contributed by atoms with Crippen LogP contribution in [0.1, 0.15) is 16.7 Å². The van der Waals surface area contributed by atoms with E-state index in [1.807, 2.05) is 6.07 Å². The summed E-state index contributed by atoms with van der Waals surface area (Å²) in [4.78, 5) is 14.2. The Balaban J connectivity index is 1.42. The lowest BCUT2D eigenvalue weighted by Crippen LogP contribution is -2.35. The van der Waals surface area contributed by atoms with Crippen molar-refractivity contribution in [3.05, 3.63) is 82.7 Å². The third kappa shape index (κ3) is 3.81. The first-order valence-electron chi connectivity index (χ1n) is 10.4. The van der Waals surface area contributed by atoms with Gasteiger partial charge in [0.2, 0.25) is 15.9 Å². The monoisotopic (exact) mass is 472 g/mol. The molecule has 1 amide bonds. The minimum Gasteiger partial charge on any atom is -0.312 e. The van der Waals surface area contributed by atoms with Crippen molar-refractivity contribution >= 4 is 21.6 Å². The Kier molecular flexibility index (Phi) is 5.06. The summed E-state index contributed by atoms with van der Waals surface area (Å²) in [6.45, 7) is 0.314. The van der Waals surface area contributed by atoms with E-state index in [1.165, 1.54) is 4.90 Å². The first kappa shape index (κ1) is 21.7. The Bertz CT molecular complexity index is 1420. The summed E-state index contributed by atoms with van der Waals surface area (Å²) in [7, 11) is -4.27. The lowest BCUT2D eigenvalue weighted by Gasteiger charge is -2.21. The molecule has 1 aliphatic carbocycles. The van der Waals surface area contributed by atoms with Gasteiger partial charge in [-0.05, 0) is 71.8 Å². The smallest absolute Gasteiger partial charge is 0.241 e. The molecule has 1 heterocycles. The number of carbonyl (C=O) groups is 1. The number of fused-ring (bicyclic) bond motifs is 2. The number of rotatable bonds is 3. The van der Waals surface area contributed by atoms with Gasteiger partial charge in [-0.15, -0.1) is 0 Å². The number of anilines is 1. The summed E-state index contributed by atoms with van der Waals surface area (Å²) in [5, 5.41) is 5.11. The van der Waals surface area contributed by atoms with Gasteiger partial charge < -0.3 is 4.90 Å². The molecule has 3 aromatic carbocycles. The summed E-state index contributed by atoms with van der Waals surface area (Å²) in [5.74, 6) is -2.61. The first-order valence-corrected chi connectivity index (χ1v) is 11.9. The fraction of sp³-hybridized carbons (Fsp3) is 0.208. The molecular formula is C24H19F3N2O3S. The van der Waals surface area contributed by atoms with E-state index < -0.39 is 38.3 Å². The van der Waals surface area contributed by atoms with Crippen molar-refractivity contribution in [1.82, 2.24) is 0 Å². The van der Waals surface area contributed by atoms with Gasteiger partial charge in [0, 0.05) is 23.7 Å². The second-order valence-corrected chi connectivity index (χ2v) is 9.94. The van der Waals surface area contributed by atoms with Crippen LogP contribution in [0, 0.1) is 23.4 Å². The maximum atomic E-state index is 14.2. The molecule has 0 radical (unpaired) electrons. The highest BCUT2D eigenvalue weighted by molar-refractivity contribution is 7.89. The highest BCUT2D eigenvalue weighted by atomic mass is 32.2. The van der Waals surface area contributed by atoms with Crippen LogP contribution in [0.25, 0.3) is 11.1 Å². The van der Waals surface area contributed by atoms with Crippen LogP contribution < -0.4 is 10.0 Å². The van der Waals surface area contributed by atoms with E-state index in [0.717, 1.165) is 41.5 Å². The third-order valence-electron chi connectivity index (χ3n) is 6.33. The Morgan fingerprint density at radius 2 is 1.67 bits per heavy atom. The number of hydrogen-bond donors (Lipinski definition) is 1. The van der Waals surface area contributed by atoms with Crippen molar-refractivity contribution in [2.45, 2.75) is 24.2 Å². The Morgan fingerprint density at radius 1 is 0.909 bits per heavy atom. The minimum absolute atomic E-state index is 0.151. The maximum Gasteiger partial charge on any atom is 0.241 e. The molecule has 1 unspecified atom stereocenters. The molecule has 1 atom stereocenters. The minimum atomic E-state index is -4.27. The van der Waals surface area contributed by atoms with E-state index in [1.54, 1.807) is 12.1 Å². The number of hydrogen-bond acceptors (Lipinski definition) is 3. The number of halogens is 3. The van der Waals surface area contributed by atoms with Crippen LogP contribution in [0.15, 0.2) is 53.4 Å². The molecule has 0 fully saturated rings. The SMILES string of the molecule is NS(=O)(=O)c1cc2c(cc1F)CCN2C(=O)C1Cc2ccc(-c3cc(F)ccc3F)cc2C1. The van der Waals surface area contributed by atoms with E-state index in [9.17, 15) is 26.4 Å². The molecule has 5 nitrogen and oxygen atoms in total. The molecule has 170 valence electrons. The van der Waals surface area contributed by atoms with Crippen LogP contribution in [0.3, 0.4) is 0 Å². The predicted molar refractivity (Wildman–Crippen MR) is 117 cm³/mol. The van der Waals surface area contributed by atoms with Crippen molar-refractivity contribution < 1.29 is 26.4 Å². The number of benzene rings is 3. The molecule has 5 rings (SSSR count). The van der Waals surface area contributed by atoms with Crippen molar-refractivity contribution in [3.8, 4) is 11.1 Å². The van der Waals surface area contributed by atoms with Gasteiger partial charge in [0.25, 0.3) is 0 Å². The molecule has 0 saturated carbocycles. The van der Waals surface area contributed by atoms with Gasteiger partial charge in [-0.25, -0.2) is 26.7 Å². The van der Waals surface area contributed by atoms with Gasteiger partial charge in [0.1, 0.15) is 22.3 Å². The molecule has 9 heteroatoms. The van der Waals surface area contributed by atoms with E-state index in [2.05, 4.69) is 0 Å². The van der Waals surface area contributed by atoms with E-state index in [0.29, 0.717) is 42.6 Å². The van der Waals surface area contributed by atoms with E-state index in [4.69, 9.17) is 5.14 Å². The molecule has 0 aromatic heterocycles. The number of carbonyl (C=O) groups excluding carboxylic acids is 1. The molecule has 3 aromatic rings. The van der Waals surface area contributed by atoms with Gasteiger partial charge in [-0.2, -0.15) is 0 Å². The van der Waals surface area contributed by atoms with Gasteiger partial charge >= 0.3 is 0 Å². The summed E-state index contributed by atoms with van der Waals surface area (Å²) in [6.07, 6.45) is 1.29. The summed E-state index contributed by atoms with van der Waals surface area (Å²) in [5.41, 5.74) is 3.39. The topological polar surface area (TPSA) is 80.5 Å². The Hall–Kier alpha value is -3.17. The van der Waals surface area contributed by atoms with Crippen molar-refractivity contribution in [1.29, 1.82) is 0 Å². The molecular weight excluding hydrogens is 453 g/mol. The average molecular weight is 472 g/mol. The molecule has 0 spiro atoms. The normalized spacial score (nSPS) is 17.2. The van der Waals surface area contributed by atoms with Gasteiger partial charge in [0.15, 0.2) is 0 Å². The second kappa shape index (κ2) is 7.71. The first-order chi connectivity index (χ1) is 15.6. The Morgan fingerprint density at radius 3 is 2.42 bits per heavy atom. The number of nitrogens with two attached hydrogens (primary N) is 1. The number of sulfonamides is 1. The second-order valence-electron chi connectivity index (χ2n) is 8.41. The zero-order chi connectivity index (χ0) is 23.5. The molecule has 0 saturated heterocycles. The highest BCUT2D eigenvalue weighted by Gasteiger charge is 2.35. The number of primary sulfonamides is 1. The van der Waals surface area contributed by atoms with Crippen LogP contribution in [0.4, 0.5) is 18.9 Å². The summed E-state index contributed by atoms with van der Waals surface area (Å²) in [6, 6.07) is 10.8. The van der Waals surface area contributed by atoms with Crippen LogP contribution in [0.2, 0.25) is 0 Å². The number of nitrogens with zero attached hydrogens (tertiary/aromatic N) is 1. The van der Waals surface area contributed by atoms with Crippen LogP contribution in [-0.4, -0.2) is 20.9 Å². The van der Waals surface area contributed by atoms with Crippen molar-refractivity contribution in [3.63, 3.8) is 0 Å². The zero-order valence-corrected chi connectivity index (χ0v) is 18.1. The van der Waals surface area contributed by atoms with E-state index >= 15 is 0 Å². The van der Waals surface area contributed by atoms with Gasteiger partial charge in [-0.1, -0.05) is 18.2 Å². The van der Waals surface area contributed by atoms with Crippen LogP contribution in [-0.2, 0) is 34.1 Å². The third-order valence-corrected chi connectivity index (χ3v) is 7.25. The summed E-state index contributed by atoms with van der Waals surface area (Å²) >= 11 is 0. The summed E-state index contributed by atoms with van der Waals surface area (Å²) < 4.78 is 65.4. The van der Waals surface area contributed by atoms with Crippen molar-refractivity contribution in [2.75, 3.05) is 11.4 Å². The van der Waals surface area contributed by atoms with Gasteiger partial charge in [-0.3, -0.25) is 4.79 Å². The number of amides is 1. The van der Waals surface area contributed by atoms with Gasteiger partial charge in [0.05, 0.1) is 0 Å². The lowest BCUT2D eigenvalue weighted by molar-refractivity contribution is -0.122.